The number of para-hydroxylation sites is 1. The van der Waals surface area contributed by atoms with Gasteiger partial charge in [0.05, 0.1) is 38.5 Å². The first kappa shape index (κ1) is 23.5. The maximum absolute atomic E-state index is 13.6. The van der Waals surface area contributed by atoms with Crippen molar-refractivity contribution in [1.82, 2.24) is 9.55 Å². The van der Waals surface area contributed by atoms with Crippen LogP contribution in [-0.2, 0) is 11.3 Å². The summed E-state index contributed by atoms with van der Waals surface area (Å²) < 4.78 is 8.08. The number of carbonyl (C=O) groups is 1. The average Bonchev–Trinajstić information content (AvgIpc) is 3.24. The van der Waals surface area contributed by atoms with E-state index in [0.29, 0.717) is 51.4 Å². The number of thiazole rings is 1. The molecular formula is C27H22N4O4S. The molecule has 180 valence electrons. The molecule has 0 aliphatic carbocycles. The number of nitrogens with zero attached hydrogens (tertiary/aromatic N) is 4. The highest BCUT2D eigenvalue weighted by Gasteiger charge is 2.16. The Kier molecular flexibility index (Phi) is 6.66. The molecule has 0 aliphatic heterocycles. The summed E-state index contributed by atoms with van der Waals surface area (Å²) in [4.78, 5) is 34.2. The smallest absolute Gasteiger partial charge is 0.280 e. The summed E-state index contributed by atoms with van der Waals surface area (Å²) in [5.74, 6) is -0.406. The number of non-ortho nitro benzene ring substituents is 1. The largest absolute Gasteiger partial charge is 0.380 e. The van der Waals surface area contributed by atoms with Gasteiger partial charge in [0.25, 0.3) is 11.6 Å². The summed E-state index contributed by atoms with van der Waals surface area (Å²) in [6.45, 7) is 3.36. The van der Waals surface area contributed by atoms with Crippen LogP contribution < -0.4 is 4.80 Å². The third-order valence-corrected chi connectivity index (χ3v) is 6.79. The minimum atomic E-state index is -0.431. The van der Waals surface area contributed by atoms with E-state index in [1.165, 1.54) is 23.5 Å². The van der Waals surface area contributed by atoms with E-state index in [2.05, 4.69) is 4.99 Å². The van der Waals surface area contributed by atoms with Gasteiger partial charge in [-0.05, 0) is 25.1 Å². The number of ether oxygens (including phenoxy) is 1. The van der Waals surface area contributed by atoms with Crippen LogP contribution in [0, 0.1) is 10.1 Å². The molecule has 3 aromatic carbocycles. The summed E-state index contributed by atoms with van der Waals surface area (Å²) in [6, 6.07) is 23.6. The summed E-state index contributed by atoms with van der Waals surface area (Å²) in [7, 11) is 0. The number of hydrogen-bond acceptors (Lipinski definition) is 6. The SMILES string of the molecule is CCOCCn1c(=NC(=O)c2cc(-c3ccccc3)nc3ccccc23)sc2cc([N+](=O)[O-])ccc21. The monoisotopic (exact) mass is 498 g/mol. The Balaban J connectivity index is 1.67. The molecule has 1 amide bonds. The van der Waals surface area contributed by atoms with Crippen molar-refractivity contribution in [3.63, 3.8) is 0 Å². The molecule has 5 rings (SSSR count). The molecule has 0 fully saturated rings. The molecule has 2 aromatic heterocycles. The predicted octanol–water partition coefficient (Wildman–Crippen LogP) is 5.60. The fourth-order valence-corrected chi connectivity index (χ4v) is 5.12. The highest BCUT2D eigenvalue weighted by Crippen LogP contribution is 2.26. The number of nitro benzene ring substituents is 1. The first-order valence-corrected chi connectivity index (χ1v) is 12.3. The average molecular weight is 499 g/mol. The van der Waals surface area contributed by atoms with E-state index >= 15 is 0 Å². The molecular weight excluding hydrogens is 476 g/mol. The summed E-state index contributed by atoms with van der Waals surface area (Å²) in [6.07, 6.45) is 0. The number of benzene rings is 3. The molecule has 0 unspecified atom stereocenters. The molecule has 0 atom stereocenters. The maximum Gasteiger partial charge on any atom is 0.280 e. The van der Waals surface area contributed by atoms with Crippen molar-refractivity contribution in [3.8, 4) is 11.3 Å². The quantitative estimate of drug-likeness (QED) is 0.165. The lowest BCUT2D eigenvalue weighted by Crippen LogP contribution is -2.20. The van der Waals surface area contributed by atoms with Crippen molar-refractivity contribution in [2.24, 2.45) is 4.99 Å². The molecule has 36 heavy (non-hydrogen) atoms. The van der Waals surface area contributed by atoms with Gasteiger partial charge in [-0.2, -0.15) is 4.99 Å². The van der Waals surface area contributed by atoms with Crippen LogP contribution in [0.4, 0.5) is 5.69 Å². The van der Waals surface area contributed by atoms with Crippen molar-refractivity contribution in [2.75, 3.05) is 13.2 Å². The molecule has 0 saturated heterocycles. The van der Waals surface area contributed by atoms with E-state index in [9.17, 15) is 14.9 Å². The van der Waals surface area contributed by atoms with E-state index in [-0.39, 0.29) is 5.69 Å². The first-order valence-electron chi connectivity index (χ1n) is 11.4. The zero-order valence-electron chi connectivity index (χ0n) is 19.5. The summed E-state index contributed by atoms with van der Waals surface area (Å²) in [5.41, 5.74) is 3.49. The molecule has 9 heteroatoms. The minimum Gasteiger partial charge on any atom is -0.380 e. The topological polar surface area (TPSA) is 99.6 Å². The lowest BCUT2D eigenvalue weighted by molar-refractivity contribution is -0.384. The number of carbonyl (C=O) groups excluding carboxylic acids is 1. The fourth-order valence-electron chi connectivity index (χ4n) is 4.03. The standard InChI is InChI=1S/C27H22N4O4S/c1-2-35-15-14-30-24-13-12-19(31(33)34)16-25(24)36-27(30)29-26(32)21-17-23(18-8-4-3-5-9-18)28-22-11-7-6-10-20(21)22/h3-13,16-17H,2,14-15H2,1H3. The number of amides is 1. The predicted molar refractivity (Wildman–Crippen MR) is 140 cm³/mol. The zero-order chi connectivity index (χ0) is 25.1. The number of hydrogen-bond donors (Lipinski definition) is 0. The van der Waals surface area contributed by atoms with Gasteiger partial charge in [0.1, 0.15) is 0 Å². The Hall–Kier alpha value is -4.21. The summed E-state index contributed by atoms with van der Waals surface area (Å²) in [5, 5.41) is 12.0. The van der Waals surface area contributed by atoms with E-state index in [1.54, 1.807) is 12.1 Å². The van der Waals surface area contributed by atoms with E-state index in [0.717, 1.165) is 11.1 Å². The highest BCUT2D eigenvalue weighted by molar-refractivity contribution is 7.16. The minimum absolute atomic E-state index is 0.00813. The lowest BCUT2D eigenvalue weighted by atomic mass is 10.0. The van der Waals surface area contributed by atoms with Gasteiger partial charge in [0.2, 0.25) is 0 Å². The molecule has 0 N–H and O–H groups in total. The van der Waals surface area contributed by atoms with Crippen molar-refractivity contribution in [2.45, 2.75) is 13.5 Å². The third-order valence-electron chi connectivity index (χ3n) is 5.75. The second-order valence-corrected chi connectivity index (χ2v) is 9.01. The van der Waals surface area contributed by atoms with Gasteiger partial charge < -0.3 is 9.30 Å². The van der Waals surface area contributed by atoms with Crippen LogP contribution in [0.25, 0.3) is 32.4 Å². The third kappa shape index (κ3) is 4.66. The van der Waals surface area contributed by atoms with Gasteiger partial charge >= 0.3 is 0 Å². The second-order valence-electron chi connectivity index (χ2n) is 8.00. The number of aromatic nitrogens is 2. The molecule has 0 radical (unpaired) electrons. The molecule has 0 aliphatic rings. The Morgan fingerprint density at radius 3 is 2.64 bits per heavy atom. The van der Waals surface area contributed by atoms with Crippen molar-refractivity contribution in [3.05, 3.63) is 99.3 Å². The second kappa shape index (κ2) is 10.2. The molecule has 2 heterocycles. The summed E-state index contributed by atoms with van der Waals surface area (Å²) >= 11 is 1.24. The van der Waals surface area contributed by atoms with Crippen molar-refractivity contribution >= 4 is 44.1 Å². The van der Waals surface area contributed by atoms with Crippen LogP contribution in [0.2, 0.25) is 0 Å². The maximum atomic E-state index is 13.6. The van der Waals surface area contributed by atoms with Crippen molar-refractivity contribution in [1.29, 1.82) is 0 Å². The highest BCUT2D eigenvalue weighted by atomic mass is 32.1. The van der Waals surface area contributed by atoms with Crippen molar-refractivity contribution < 1.29 is 14.5 Å². The number of pyridine rings is 1. The van der Waals surface area contributed by atoms with Gasteiger partial charge in [-0.3, -0.25) is 14.9 Å². The lowest BCUT2D eigenvalue weighted by Gasteiger charge is -2.08. The van der Waals surface area contributed by atoms with E-state index < -0.39 is 10.8 Å². The Bertz CT molecular complexity index is 1660. The zero-order valence-corrected chi connectivity index (χ0v) is 20.3. The Labute approximate surface area is 210 Å². The number of fused-ring (bicyclic) bond motifs is 2. The van der Waals surface area contributed by atoms with Gasteiger partial charge in [-0.25, -0.2) is 4.98 Å². The van der Waals surface area contributed by atoms with Gasteiger partial charge in [0.15, 0.2) is 4.80 Å². The van der Waals surface area contributed by atoms with E-state index in [1.807, 2.05) is 66.1 Å². The van der Waals surface area contributed by atoms with Gasteiger partial charge in [-0.15, -0.1) is 0 Å². The fraction of sp³-hybridized carbons (Fsp3) is 0.148. The van der Waals surface area contributed by atoms with Crippen LogP contribution in [0.15, 0.2) is 83.9 Å². The molecule has 0 bridgehead atoms. The number of nitro groups is 1. The normalized spacial score (nSPS) is 11.9. The first-order chi connectivity index (χ1) is 17.5. The Morgan fingerprint density at radius 1 is 1.08 bits per heavy atom. The van der Waals surface area contributed by atoms with E-state index in [4.69, 9.17) is 9.72 Å². The molecule has 8 nitrogen and oxygen atoms in total. The van der Waals surface area contributed by atoms with Gasteiger partial charge in [-0.1, -0.05) is 59.9 Å². The van der Waals surface area contributed by atoms with Crippen LogP contribution in [-0.4, -0.2) is 33.6 Å². The Morgan fingerprint density at radius 2 is 1.86 bits per heavy atom. The van der Waals surface area contributed by atoms with Crippen LogP contribution in [0.5, 0.6) is 0 Å². The van der Waals surface area contributed by atoms with Gasteiger partial charge in [0, 0.05) is 36.2 Å². The van der Waals surface area contributed by atoms with Crippen LogP contribution in [0.3, 0.4) is 0 Å². The number of rotatable bonds is 7. The molecule has 0 saturated carbocycles. The van der Waals surface area contributed by atoms with Crippen LogP contribution in [0.1, 0.15) is 17.3 Å². The van der Waals surface area contributed by atoms with Crippen LogP contribution >= 0.6 is 11.3 Å². The molecule has 0 spiro atoms. The molecule has 5 aromatic rings.